The molecular weight excluding hydrogens is 603 g/mol. The molecule has 238 valence electrons. The normalized spacial score (nSPS) is 13.1. The van der Waals surface area contributed by atoms with Crippen LogP contribution in [0.25, 0.3) is 22.2 Å². The number of nitrogens with zero attached hydrogens (tertiary/aromatic N) is 4. The third-order valence-electron chi connectivity index (χ3n) is 9.47. The number of benzene rings is 5. The summed E-state index contributed by atoms with van der Waals surface area (Å²) < 4.78 is 2.18. The standard InChI is InChI=1S/C43H35N5O/c1-29-25-32(23-24-44-29)41-37-28-38-33(26-39(46-38)42(49)45-30(2)31-15-7-3-8-16-31)27-40(37)48(47-41)43(34-17-9-4-10-18-34,35-19-11-5-12-20-35)36-21-13-6-14-22-36/h3-25,27-28,30H,26H2,1-2H3,(H,45,49)/t30-/m1/s1. The minimum atomic E-state index is -0.818. The molecule has 1 atom stereocenters. The van der Waals surface area contributed by atoms with E-state index in [4.69, 9.17) is 10.1 Å². The van der Waals surface area contributed by atoms with Crippen molar-refractivity contribution in [3.8, 4) is 11.3 Å². The summed E-state index contributed by atoms with van der Waals surface area (Å²) in [4.78, 5) is 22.9. The zero-order valence-corrected chi connectivity index (χ0v) is 27.4. The number of fused-ring (bicyclic) bond motifs is 2. The fourth-order valence-corrected chi connectivity index (χ4v) is 7.11. The van der Waals surface area contributed by atoms with Crippen molar-refractivity contribution in [2.45, 2.75) is 31.8 Å². The lowest BCUT2D eigenvalue weighted by molar-refractivity contribution is -0.115. The van der Waals surface area contributed by atoms with Crippen molar-refractivity contribution < 1.29 is 4.79 Å². The van der Waals surface area contributed by atoms with Crippen molar-refractivity contribution in [2.24, 2.45) is 4.99 Å². The summed E-state index contributed by atoms with van der Waals surface area (Å²) in [5, 5.41) is 9.65. The second-order valence-corrected chi connectivity index (χ2v) is 12.6. The first-order valence-corrected chi connectivity index (χ1v) is 16.6. The van der Waals surface area contributed by atoms with Gasteiger partial charge in [-0.3, -0.25) is 9.78 Å². The number of aryl methyl sites for hydroxylation is 1. The lowest BCUT2D eigenvalue weighted by atomic mass is 9.77. The van der Waals surface area contributed by atoms with Gasteiger partial charge in [0.25, 0.3) is 5.91 Å². The van der Waals surface area contributed by atoms with E-state index in [1.54, 1.807) is 0 Å². The summed E-state index contributed by atoms with van der Waals surface area (Å²) in [6, 6.07) is 49.9. The molecule has 0 radical (unpaired) electrons. The van der Waals surface area contributed by atoms with Crippen LogP contribution in [0.5, 0.6) is 0 Å². The van der Waals surface area contributed by atoms with E-state index in [9.17, 15) is 4.79 Å². The third-order valence-corrected chi connectivity index (χ3v) is 9.47. The van der Waals surface area contributed by atoms with Gasteiger partial charge >= 0.3 is 0 Å². The second-order valence-electron chi connectivity index (χ2n) is 12.6. The maximum Gasteiger partial charge on any atom is 0.266 e. The summed E-state index contributed by atoms with van der Waals surface area (Å²) >= 11 is 0. The highest BCUT2D eigenvalue weighted by atomic mass is 16.2. The van der Waals surface area contributed by atoms with Crippen molar-refractivity contribution in [1.29, 1.82) is 0 Å². The Morgan fingerprint density at radius 1 is 0.755 bits per heavy atom. The second kappa shape index (κ2) is 12.5. The van der Waals surface area contributed by atoms with E-state index < -0.39 is 5.54 Å². The summed E-state index contributed by atoms with van der Waals surface area (Å²) in [7, 11) is 0. The van der Waals surface area contributed by atoms with E-state index in [-0.39, 0.29) is 11.9 Å². The third kappa shape index (κ3) is 5.32. The van der Waals surface area contributed by atoms with Crippen LogP contribution in [0.1, 0.15) is 46.5 Å². The fraction of sp³-hybridized carbons (Fsp3) is 0.116. The first-order valence-electron chi connectivity index (χ1n) is 16.6. The monoisotopic (exact) mass is 637 g/mol. The van der Waals surface area contributed by atoms with E-state index in [1.165, 1.54) is 0 Å². The number of rotatable bonds is 8. The number of carbonyl (C=O) groups is 1. The summed E-state index contributed by atoms with van der Waals surface area (Å²) in [6.07, 6.45) is 2.26. The number of amides is 1. The quantitative estimate of drug-likeness (QED) is 0.169. The van der Waals surface area contributed by atoms with Crippen LogP contribution >= 0.6 is 0 Å². The predicted octanol–water partition coefficient (Wildman–Crippen LogP) is 8.75. The van der Waals surface area contributed by atoms with Crippen LogP contribution in [0.3, 0.4) is 0 Å². The minimum absolute atomic E-state index is 0.141. The molecule has 0 bridgehead atoms. The Balaban J connectivity index is 1.35. The molecule has 0 spiro atoms. The Bertz CT molecular complexity index is 2220. The van der Waals surface area contributed by atoms with E-state index in [1.807, 2.05) is 74.6 Å². The van der Waals surface area contributed by atoms with E-state index >= 15 is 0 Å². The predicted molar refractivity (Wildman–Crippen MR) is 196 cm³/mol. The van der Waals surface area contributed by atoms with Gasteiger partial charge < -0.3 is 5.32 Å². The lowest BCUT2D eigenvalue weighted by Crippen LogP contribution is -2.38. The zero-order valence-electron chi connectivity index (χ0n) is 27.4. The molecule has 49 heavy (non-hydrogen) atoms. The molecule has 1 aliphatic rings. The summed E-state index contributed by atoms with van der Waals surface area (Å²) in [5.41, 5.74) is 9.44. The topological polar surface area (TPSA) is 72.2 Å². The molecule has 3 heterocycles. The maximum absolute atomic E-state index is 13.6. The lowest BCUT2D eigenvalue weighted by Gasteiger charge is -2.37. The first-order chi connectivity index (χ1) is 24.0. The van der Waals surface area contributed by atoms with E-state index in [0.29, 0.717) is 12.1 Å². The molecule has 0 unspecified atom stereocenters. The first kappa shape index (κ1) is 30.2. The molecule has 7 aromatic rings. The van der Waals surface area contributed by atoms with E-state index in [2.05, 4.69) is 106 Å². The molecule has 0 saturated heterocycles. The summed E-state index contributed by atoms with van der Waals surface area (Å²) in [5.74, 6) is -0.157. The number of aromatic nitrogens is 3. The largest absolute Gasteiger partial charge is 0.344 e. The van der Waals surface area contributed by atoms with Gasteiger partial charge in [-0.25, -0.2) is 9.67 Å². The number of hydrogen-bond donors (Lipinski definition) is 1. The van der Waals surface area contributed by atoms with Gasteiger partial charge in [-0.05, 0) is 65.9 Å². The molecule has 1 amide bonds. The molecule has 6 nitrogen and oxygen atoms in total. The molecule has 6 heteroatoms. The smallest absolute Gasteiger partial charge is 0.266 e. The van der Waals surface area contributed by atoms with Crippen molar-refractivity contribution >= 4 is 28.2 Å². The molecule has 1 N–H and O–H groups in total. The summed E-state index contributed by atoms with van der Waals surface area (Å²) in [6.45, 7) is 3.99. The van der Waals surface area contributed by atoms with Crippen LogP contribution in [0.2, 0.25) is 0 Å². The number of pyridine rings is 1. The molecular formula is C43H35N5O. The van der Waals surface area contributed by atoms with Gasteiger partial charge in [0.05, 0.1) is 17.2 Å². The highest BCUT2D eigenvalue weighted by Crippen LogP contribution is 2.45. The van der Waals surface area contributed by atoms with Gasteiger partial charge in [0.1, 0.15) is 16.9 Å². The highest BCUT2D eigenvalue weighted by Gasteiger charge is 2.41. The Kier molecular flexibility index (Phi) is 7.69. The molecule has 0 aliphatic carbocycles. The molecule has 0 saturated carbocycles. The van der Waals surface area contributed by atoms with Gasteiger partial charge in [0, 0.05) is 29.3 Å². The van der Waals surface area contributed by atoms with Gasteiger partial charge in [-0.2, -0.15) is 5.10 Å². The van der Waals surface area contributed by atoms with Crippen molar-refractivity contribution in [3.05, 3.63) is 185 Å². The van der Waals surface area contributed by atoms with Gasteiger partial charge in [0.15, 0.2) is 0 Å². The molecule has 2 aromatic heterocycles. The minimum Gasteiger partial charge on any atom is -0.344 e. The number of hydrogen-bond acceptors (Lipinski definition) is 4. The number of carbonyl (C=O) groups excluding carboxylic acids is 1. The fourth-order valence-electron chi connectivity index (χ4n) is 7.11. The van der Waals surface area contributed by atoms with Crippen LogP contribution in [0.15, 0.2) is 157 Å². The van der Waals surface area contributed by atoms with Gasteiger partial charge in [-0.15, -0.1) is 0 Å². The number of nitrogens with one attached hydrogen (secondary N) is 1. The van der Waals surface area contributed by atoms with Crippen molar-refractivity contribution in [1.82, 2.24) is 20.1 Å². The molecule has 0 fully saturated rings. The molecule has 1 aliphatic heterocycles. The van der Waals surface area contributed by atoms with Crippen LogP contribution in [-0.2, 0) is 16.8 Å². The average molecular weight is 638 g/mol. The van der Waals surface area contributed by atoms with Crippen LogP contribution in [0, 0.1) is 6.92 Å². The highest BCUT2D eigenvalue weighted by molar-refractivity contribution is 6.41. The SMILES string of the molecule is Cc1cc(-c2nn(C(c3ccccc3)(c3ccccc3)c3ccccc3)c3cc4c(cc23)N=C(C(=O)N[C@H](C)c2ccccc2)C4)ccn1. The van der Waals surface area contributed by atoms with Crippen LogP contribution < -0.4 is 5.32 Å². The number of aliphatic imine (C=N–C) groups is 1. The van der Waals surface area contributed by atoms with Crippen molar-refractivity contribution in [2.75, 3.05) is 0 Å². The van der Waals surface area contributed by atoms with Gasteiger partial charge in [0.2, 0.25) is 0 Å². The van der Waals surface area contributed by atoms with Gasteiger partial charge in [-0.1, -0.05) is 121 Å². The molecule has 8 rings (SSSR count). The van der Waals surface area contributed by atoms with E-state index in [0.717, 1.165) is 61.4 Å². The van der Waals surface area contributed by atoms with Crippen LogP contribution in [0.4, 0.5) is 5.69 Å². The van der Waals surface area contributed by atoms with Crippen molar-refractivity contribution in [3.63, 3.8) is 0 Å². The Morgan fingerprint density at radius 3 is 1.90 bits per heavy atom. The Hall–Kier alpha value is -6.14. The molecule has 5 aromatic carbocycles. The Morgan fingerprint density at radius 2 is 1.33 bits per heavy atom. The average Bonchev–Trinajstić information content (AvgIpc) is 3.74. The zero-order chi connectivity index (χ0) is 33.4. The Labute approximate surface area is 285 Å². The maximum atomic E-state index is 13.6. The van der Waals surface area contributed by atoms with Crippen LogP contribution in [-0.4, -0.2) is 26.4 Å².